The van der Waals surface area contributed by atoms with Gasteiger partial charge in [-0.25, -0.2) is 0 Å². The predicted molar refractivity (Wildman–Crippen MR) is 272 cm³/mol. The summed E-state index contributed by atoms with van der Waals surface area (Å²) in [6.45, 7) is 10.2. The van der Waals surface area contributed by atoms with E-state index < -0.39 is 0 Å². The molecule has 10 atom stereocenters. The molecule has 4 bridgehead atoms. The highest BCUT2D eigenvalue weighted by Gasteiger charge is 2.58. The van der Waals surface area contributed by atoms with Gasteiger partial charge in [0.1, 0.15) is 0 Å². The van der Waals surface area contributed by atoms with E-state index in [-0.39, 0.29) is 10.8 Å². The van der Waals surface area contributed by atoms with Crippen LogP contribution >= 0.6 is 0 Å². The van der Waals surface area contributed by atoms with Crippen molar-refractivity contribution in [2.75, 3.05) is 4.90 Å². The molecule has 0 heterocycles. The molecule has 0 N–H and O–H groups in total. The second-order valence-corrected chi connectivity index (χ2v) is 22.1. The molecule has 65 heavy (non-hydrogen) atoms. The minimum absolute atomic E-state index is 0.0657. The van der Waals surface area contributed by atoms with Gasteiger partial charge in [0.2, 0.25) is 0 Å². The van der Waals surface area contributed by atoms with Crippen molar-refractivity contribution >= 4 is 17.1 Å². The van der Waals surface area contributed by atoms with Gasteiger partial charge in [-0.3, -0.25) is 0 Å². The fourth-order valence-electron chi connectivity index (χ4n) is 16.5. The Bertz CT molecular complexity index is 2820. The number of fused-ring (bicyclic) bond motifs is 16. The summed E-state index contributed by atoms with van der Waals surface area (Å²) in [7, 11) is 0. The zero-order valence-electron chi connectivity index (χ0n) is 38.8. The highest BCUT2D eigenvalue weighted by Crippen LogP contribution is 2.67. The van der Waals surface area contributed by atoms with Crippen LogP contribution in [0.1, 0.15) is 101 Å². The molecule has 13 rings (SSSR count). The number of hydrogen-bond acceptors (Lipinski definition) is 1. The average molecular weight is 846 g/mol. The van der Waals surface area contributed by atoms with Crippen molar-refractivity contribution in [2.24, 2.45) is 47.3 Å². The van der Waals surface area contributed by atoms with E-state index in [0.717, 1.165) is 23.7 Å². The average Bonchev–Trinajstić information content (AvgIpc) is 3.79. The van der Waals surface area contributed by atoms with Gasteiger partial charge in [-0.05, 0) is 202 Å². The van der Waals surface area contributed by atoms with Gasteiger partial charge < -0.3 is 4.90 Å². The molecule has 6 aliphatic rings. The van der Waals surface area contributed by atoms with E-state index in [9.17, 15) is 0 Å². The first-order valence-corrected chi connectivity index (χ1v) is 25.4. The lowest BCUT2D eigenvalue weighted by atomic mass is 9.49. The first-order chi connectivity index (χ1) is 31.8. The summed E-state index contributed by atoms with van der Waals surface area (Å²) < 4.78 is 0. The number of nitrogens with zero attached hydrogens (tertiary/aromatic N) is 1. The smallest absolute Gasteiger partial charge is 0.0468 e. The number of benzene rings is 7. The maximum Gasteiger partial charge on any atom is 0.0468 e. The van der Waals surface area contributed by atoms with Gasteiger partial charge in [-0.1, -0.05) is 155 Å². The highest BCUT2D eigenvalue weighted by atomic mass is 15.1. The van der Waals surface area contributed by atoms with E-state index in [1.165, 1.54) is 113 Å². The molecule has 7 aromatic carbocycles. The predicted octanol–water partition coefficient (Wildman–Crippen LogP) is 17.2. The Morgan fingerprint density at radius 1 is 0.338 bits per heavy atom. The van der Waals surface area contributed by atoms with Crippen molar-refractivity contribution in [3.63, 3.8) is 0 Å². The second kappa shape index (κ2) is 14.9. The van der Waals surface area contributed by atoms with Crippen LogP contribution in [0.3, 0.4) is 0 Å². The SMILES string of the molecule is C[C@@H]1CC2C[C@H](C1)[C@@]1(c3ccccc3-c3cc(N(c4ccc(-c5ccccc5)c(-c5ccccc5)c4)c4ccc5c(c4)-c4ccccc4[C@]54[C@H]5CC(C[C@@H](C)C5)C[C@@H]4C)ccc31)[C@@H](C)C2. The van der Waals surface area contributed by atoms with Gasteiger partial charge >= 0.3 is 0 Å². The van der Waals surface area contributed by atoms with E-state index in [0.29, 0.717) is 23.7 Å². The third-order valence-corrected chi connectivity index (χ3v) is 18.5. The van der Waals surface area contributed by atoms with Crippen LogP contribution in [0, 0.1) is 47.3 Å². The lowest BCUT2D eigenvalue weighted by Crippen LogP contribution is -2.49. The second-order valence-electron chi connectivity index (χ2n) is 22.1. The highest BCUT2D eigenvalue weighted by molar-refractivity contribution is 5.93. The van der Waals surface area contributed by atoms with Crippen molar-refractivity contribution in [3.05, 3.63) is 186 Å². The third-order valence-electron chi connectivity index (χ3n) is 18.5. The van der Waals surface area contributed by atoms with Gasteiger partial charge in [0.15, 0.2) is 0 Å². The monoisotopic (exact) mass is 845 g/mol. The fraction of sp³-hybridized carbons (Fsp3) is 0.344. The fourth-order valence-corrected chi connectivity index (χ4v) is 16.5. The number of anilines is 3. The van der Waals surface area contributed by atoms with E-state index in [1.54, 1.807) is 22.3 Å². The summed E-state index contributed by atoms with van der Waals surface area (Å²) in [4.78, 5) is 2.61. The minimum atomic E-state index is 0.0657. The van der Waals surface area contributed by atoms with Crippen molar-refractivity contribution in [1.29, 1.82) is 0 Å². The maximum absolute atomic E-state index is 2.61. The summed E-state index contributed by atoms with van der Waals surface area (Å²) >= 11 is 0. The first-order valence-electron chi connectivity index (χ1n) is 25.4. The summed E-state index contributed by atoms with van der Waals surface area (Å²) in [6.07, 6.45) is 10.8. The lowest BCUT2D eigenvalue weighted by Gasteiger charge is -2.54. The Morgan fingerprint density at radius 2 is 0.738 bits per heavy atom. The van der Waals surface area contributed by atoms with Crippen molar-refractivity contribution in [1.82, 2.24) is 0 Å². The van der Waals surface area contributed by atoms with Gasteiger partial charge in [0.25, 0.3) is 0 Å². The van der Waals surface area contributed by atoms with E-state index in [2.05, 4.69) is 196 Å². The molecule has 0 radical (unpaired) electrons. The Hall–Kier alpha value is -5.66. The zero-order valence-corrected chi connectivity index (χ0v) is 38.8. The van der Waals surface area contributed by atoms with Crippen LogP contribution in [-0.2, 0) is 10.8 Å². The Balaban J connectivity index is 1.03. The quantitative estimate of drug-likeness (QED) is 0.167. The molecule has 0 saturated heterocycles. The molecule has 1 nitrogen and oxygen atoms in total. The Morgan fingerprint density at radius 3 is 1.23 bits per heavy atom. The summed E-state index contributed by atoms with van der Waals surface area (Å²) in [5, 5.41) is 0. The van der Waals surface area contributed by atoms with Crippen LogP contribution in [0.25, 0.3) is 44.5 Å². The number of hydrogen-bond donors (Lipinski definition) is 0. The topological polar surface area (TPSA) is 3.24 Å². The van der Waals surface area contributed by atoms with Crippen molar-refractivity contribution < 1.29 is 0 Å². The Labute approximate surface area is 388 Å². The van der Waals surface area contributed by atoms with Crippen LogP contribution in [0.15, 0.2) is 164 Å². The minimum Gasteiger partial charge on any atom is -0.310 e. The molecule has 6 aliphatic carbocycles. The normalized spacial score (nSPS) is 30.1. The molecule has 4 fully saturated rings. The molecule has 1 heteroatoms. The van der Waals surface area contributed by atoms with Crippen LogP contribution in [0.2, 0.25) is 0 Å². The summed E-state index contributed by atoms with van der Waals surface area (Å²) in [6, 6.07) is 63.7. The Kier molecular flexibility index (Phi) is 9.12. The van der Waals surface area contributed by atoms with Crippen LogP contribution in [0.4, 0.5) is 17.1 Å². The maximum atomic E-state index is 2.61. The molecule has 0 aliphatic heterocycles. The van der Waals surface area contributed by atoms with Gasteiger partial charge in [0.05, 0.1) is 0 Å². The van der Waals surface area contributed by atoms with Crippen LogP contribution in [-0.4, -0.2) is 0 Å². The first kappa shape index (κ1) is 39.7. The molecular formula is C64H63N. The molecule has 0 amide bonds. The molecule has 324 valence electrons. The lowest BCUT2D eigenvalue weighted by molar-refractivity contribution is 0.0425. The van der Waals surface area contributed by atoms with Crippen molar-refractivity contribution in [2.45, 2.75) is 89.9 Å². The van der Waals surface area contributed by atoms with Gasteiger partial charge in [-0.2, -0.15) is 0 Å². The largest absolute Gasteiger partial charge is 0.310 e. The van der Waals surface area contributed by atoms with E-state index in [1.807, 2.05) is 0 Å². The summed E-state index contributed by atoms with van der Waals surface area (Å²) in [5.74, 6) is 5.86. The van der Waals surface area contributed by atoms with Crippen LogP contribution in [0.5, 0.6) is 0 Å². The molecule has 2 spiro atoms. The van der Waals surface area contributed by atoms with Crippen LogP contribution < -0.4 is 4.90 Å². The van der Waals surface area contributed by atoms with Crippen molar-refractivity contribution in [3.8, 4) is 44.5 Å². The van der Waals surface area contributed by atoms with Gasteiger partial charge in [-0.15, -0.1) is 0 Å². The van der Waals surface area contributed by atoms with E-state index in [4.69, 9.17) is 0 Å². The standard InChI is InChI=1S/C64H63N/c1-40-29-44-33-42(3)63(48(31-40)35-44)59-21-13-11-19-54(59)57-38-51(24-27-61(57)63)65(50-23-26-53(46-15-7-5-8-16-46)56(37-50)47-17-9-6-10-18-47)52-25-28-62-58(39-52)55-20-12-14-22-60(55)64(62)43(4)34-45-30-41(2)32-49(64)36-45/h5-28,37-45,48-49H,29-36H2,1-4H3/t40-,41-,42+,43+,44?,45?,48-,49+,63+,64-/m1/s1. The zero-order chi connectivity index (χ0) is 43.6. The third kappa shape index (κ3) is 5.76. The molecule has 7 aromatic rings. The van der Waals surface area contributed by atoms with E-state index >= 15 is 0 Å². The number of rotatable bonds is 5. The molecule has 4 saturated carbocycles. The molecular weight excluding hydrogens is 783 g/mol. The molecule has 2 unspecified atom stereocenters. The van der Waals surface area contributed by atoms with Gasteiger partial charge in [0, 0.05) is 27.9 Å². The summed E-state index contributed by atoms with van der Waals surface area (Å²) in [5.41, 5.74) is 20.9. The molecule has 0 aromatic heterocycles.